The zero-order valence-electron chi connectivity index (χ0n) is 18.8. The predicted octanol–water partition coefficient (Wildman–Crippen LogP) is 5.07. The van der Waals surface area contributed by atoms with Gasteiger partial charge in [-0.1, -0.05) is 73.7 Å². The number of rotatable bonds is 7. The molecule has 2 heterocycles. The zero-order chi connectivity index (χ0) is 23.5. The first kappa shape index (κ1) is 23.1. The van der Waals surface area contributed by atoms with Crippen molar-refractivity contribution in [1.29, 1.82) is 0 Å². The summed E-state index contributed by atoms with van der Waals surface area (Å²) < 4.78 is 9.52. The topological polar surface area (TPSA) is 56.5 Å². The summed E-state index contributed by atoms with van der Waals surface area (Å²) in [7, 11) is 1.80. The molecule has 3 aromatic rings. The monoisotopic (exact) mass is 479 g/mol. The van der Waals surface area contributed by atoms with Crippen LogP contribution in [0.1, 0.15) is 31.0 Å². The van der Waals surface area contributed by atoms with Crippen LogP contribution < -0.4 is 15.2 Å². The van der Waals surface area contributed by atoms with E-state index in [1.165, 1.54) is 16.7 Å². The number of hydrogen-bond donors (Lipinski definition) is 0. The highest BCUT2D eigenvalue weighted by Gasteiger charge is 2.37. The van der Waals surface area contributed by atoms with Crippen LogP contribution in [0.25, 0.3) is 11.8 Å². The predicted molar refractivity (Wildman–Crippen MR) is 138 cm³/mol. The largest absolute Gasteiger partial charge is 0.493 e. The van der Waals surface area contributed by atoms with Crippen LogP contribution >= 0.6 is 24.0 Å². The molecule has 0 unspecified atom stereocenters. The molecule has 0 saturated carbocycles. The molecule has 1 fully saturated rings. The molecule has 1 amide bonds. The number of benzene rings is 2. The van der Waals surface area contributed by atoms with Gasteiger partial charge in [0.05, 0.1) is 22.9 Å². The number of anilines is 1. The molecule has 0 bridgehead atoms. The van der Waals surface area contributed by atoms with Crippen molar-refractivity contribution in [3.63, 3.8) is 0 Å². The van der Waals surface area contributed by atoms with Crippen LogP contribution in [0.5, 0.6) is 5.75 Å². The van der Waals surface area contributed by atoms with Crippen molar-refractivity contribution in [2.24, 2.45) is 7.05 Å². The number of aromatic nitrogens is 2. The molecular formula is C25H25N3O3S2. The van der Waals surface area contributed by atoms with Crippen molar-refractivity contribution in [2.45, 2.75) is 26.7 Å². The number of thioether (sulfide) groups is 1. The molecule has 1 aliphatic heterocycles. The first-order chi connectivity index (χ1) is 15.9. The number of thiocarbonyl (C=S) groups is 1. The highest BCUT2D eigenvalue weighted by molar-refractivity contribution is 8.27. The van der Waals surface area contributed by atoms with Gasteiger partial charge in [-0.25, -0.2) is 4.68 Å². The minimum absolute atomic E-state index is 0.278. The number of carbonyl (C=O) groups excluding carboxylic acids is 1. The van der Waals surface area contributed by atoms with Crippen LogP contribution in [0.2, 0.25) is 0 Å². The van der Waals surface area contributed by atoms with E-state index in [-0.39, 0.29) is 17.2 Å². The van der Waals surface area contributed by atoms with Gasteiger partial charge in [0, 0.05) is 12.6 Å². The van der Waals surface area contributed by atoms with Crippen molar-refractivity contribution >= 4 is 46.0 Å². The van der Waals surface area contributed by atoms with Crippen molar-refractivity contribution in [1.82, 2.24) is 9.36 Å². The molecule has 1 aromatic heterocycles. The van der Waals surface area contributed by atoms with Crippen molar-refractivity contribution in [3.8, 4) is 11.4 Å². The Labute approximate surface area is 202 Å². The molecule has 0 N–H and O–H groups in total. The number of para-hydroxylation sites is 2. The molecule has 1 aliphatic rings. The quantitative estimate of drug-likeness (QED) is 0.269. The molecule has 4 rings (SSSR count). The van der Waals surface area contributed by atoms with Gasteiger partial charge in [0.2, 0.25) is 0 Å². The lowest BCUT2D eigenvalue weighted by molar-refractivity contribution is -0.113. The van der Waals surface area contributed by atoms with E-state index in [0.29, 0.717) is 21.5 Å². The number of carbonyl (C=O) groups is 1. The van der Waals surface area contributed by atoms with E-state index < -0.39 is 0 Å². The highest BCUT2D eigenvalue weighted by Crippen LogP contribution is 2.37. The third-order valence-electron chi connectivity index (χ3n) is 5.50. The summed E-state index contributed by atoms with van der Waals surface area (Å²) in [4.78, 5) is 28.6. The maximum absolute atomic E-state index is 13.4. The molecular weight excluding hydrogens is 454 g/mol. The van der Waals surface area contributed by atoms with Crippen molar-refractivity contribution in [2.75, 3.05) is 11.5 Å². The van der Waals surface area contributed by atoms with Gasteiger partial charge in [-0.05, 0) is 37.6 Å². The van der Waals surface area contributed by atoms with Gasteiger partial charge >= 0.3 is 0 Å². The van der Waals surface area contributed by atoms with Gasteiger partial charge in [0.15, 0.2) is 4.32 Å². The summed E-state index contributed by atoms with van der Waals surface area (Å²) >= 11 is 6.73. The minimum Gasteiger partial charge on any atom is -0.493 e. The fourth-order valence-electron chi connectivity index (χ4n) is 3.67. The Morgan fingerprint density at radius 3 is 2.48 bits per heavy atom. The summed E-state index contributed by atoms with van der Waals surface area (Å²) in [5, 5.41) is 0. The van der Waals surface area contributed by atoms with Crippen LogP contribution in [-0.4, -0.2) is 26.2 Å². The van der Waals surface area contributed by atoms with Crippen LogP contribution in [0, 0.1) is 6.92 Å². The Balaban J connectivity index is 1.71. The Kier molecular flexibility index (Phi) is 6.85. The Bertz CT molecular complexity index is 1290. The molecule has 2 aromatic carbocycles. The third kappa shape index (κ3) is 4.41. The number of nitrogens with zero attached hydrogens (tertiary/aromatic N) is 3. The van der Waals surface area contributed by atoms with E-state index in [9.17, 15) is 9.59 Å². The standard InChI is InChI=1S/C25H25N3O3S2/c1-4-5-15-31-20-14-10-9-11-18(20)16-21-23(29)27(25(32)33-21)22-17(2)26(3)28(24(22)30)19-12-7-6-8-13-19/h6-14,16H,4-5,15H2,1-3H3/b21-16+. The third-order valence-corrected chi connectivity index (χ3v) is 6.80. The van der Waals surface area contributed by atoms with Crippen LogP contribution in [0.15, 0.2) is 64.3 Å². The average Bonchev–Trinajstić information content (AvgIpc) is 3.20. The minimum atomic E-state index is -0.306. The Morgan fingerprint density at radius 1 is 1.06 bits per heavy atom. The van der Waals surface area contributed by atoms with E-state index in [0.717, 1.165) is 29.8 Å². The lowest BCUT2D eigenvalue weighted by Gasteiger charge is -2.12. The normalized spacial score (nSPS) is 15.0. The van der Waals surface area contributed by atoms with Crippen LogP contribution in [0.4, 0.5) is 5.69 Å². The molecule has 0 spiro atoms. The molecule has 0 atom stereocenters. The van der Waals surface area contributed by atoms with Crippen molar-refractivity contribution < 1.29 is 9.53 Å². The van der Waals surface area contributed by atoms with E-state index in [4.69, 9.17) is 17.0 Å². The fourth-order valence-corrected chi connectivity index (χ4v) is 4.93. The van der Waals surface area contributed by atoms with E-state index in [2.05, 4.69) is 6.92 Å². The summed E-state index contributed by atoms with van der Waals surface area (Å²) in [6, 6.07) is 16.9. The molecule has 0 radical (unpaired) electrons. The highest BCUT2D eigenvalue weighted by atomic mass is 32.2. The number of unbranched alkanes of at least 4 members (excludes halogenated alkanes) is 1. The maximum Gasteiger partial charge on any atom is 0.296 e. The van der Waals surface area contributed by atoms with Crippen LogP contribution in [0.3, 0.4) is 0 Å². The van der Waals surface area contributed by atoms with Crippen molar-refractivity contribution in [3.05, 3.63) is 81.1 Å². The van der Waals surface area contributed by atoms with Gasteiger partial charge in [0.1, 0.15) is 11.4 Å². The summed E-state index contributed by atoms with van der Waals surface area (Å²) in [6.45, 7) is 4.54. The molecule has 33 heavy (non-hydrogen) atoms. The van der Waals surface area contributed by atoms with E-state index >= 15 is 0 Å². The smallest absolute Gasteiger partial charge is 0.296 e. The number of ether oxygens (including phenoxy) is 1. The second-order valence-electron chi connectivity index (χ2n) is 7.67. The Hall–Kier alpha value is -3.10. The maximum atomic E-state index is 13.4. The molecule has 170 valence electrons. The number of amides is 1. The molecule has 6 nitrogen and oxygen atoms in total. The molecule has 1 saturated heterocycles. The van der Waals surface area contributed by atoms with Gasteiger partial charge in [0.25, 0.3) is 11.5 Å². The van der Waals surface area contributed by atoms with E-state index in [1.807, 2.05) is 61.5 Å². The summed E-state index contributed by atoms with van der Waals surface area (Å²) in [5.74, 6) is 0.415. The lowest BCUT2D eigenvalue weighted by atomic mass is 10.2. The summed E-state index contributed by atoms with van der Waals surface area (Å²) in [6.07, 6.45) is 3.78. The van der Waals surface area contributed by atoms with Gasteiger partial charge in [-0.3, -0.25) is 19.2 Å². The second-order valence-corrected chi connectivity index (χ2v) is 9.34. The molecule has 0 aliphatic carbocycles. The first-order valence-corrected chi connectivity index (χ1v) is 12.0. The van der Waals surface area contributed by atoms with Gasteiger partial charge in [-0.2, -0.15) is 0 Å². The van der Waals surface area contributed by atoms with Crippen LogP contribution in [-0.2, 0) is 11.8 Å². The summed E-state index contributed by atoms with van der Waals surface area (Å²) in [5.41, 5.74) is 2.17. The molecule has 8 heteroatoms. The van der Waals surface area contributed by atoms with Gasteiger partial charge < -0.3 is 4.74 Å². The average molecular weight is 480 g/mol. The number of hydrogen-bond acceptors (Lipinski definition) is 5. The van der Waals surface area contributed by atoms with E-state index in [1.54, 1.807) is 22.5 Å². The lowest BCUT2D eigenvalue weighted by Crippen LogP contribution is -2.33. The first-order valence-electron chi connectivity index (χ1n) is 10.8. The Morgan fingerprint density at radius 2 is 1.76 bits per heavy atom. The SMILES string of the molecule is CCCCOc1ccccc1/C=C1/SC(=S)N(c2c(C)n(C)n(-c3ccccc3)c2=O)C1=O. The zero-order valence-corrected chi connectivity index (χ0v) is 20.4. The van der Waals surface area contributed by atoms with Gasteiger partial charge in [-0.15, -0.1) is 0 Å². The second kappa shape index (κ2) is 9.80. The fraction of sp³-hybridized carbons (Fsp3) is 0.240.